The van der Waals surface area contributed by atoms with E-state index in [0.717, 1.165) is 0 Å². The van der Waals surface area contributed by atoms with E-state index in [9.17, 15) is 19.1 Å². The van der Waals surface area contributed by atoms with Crippen LogP contribution >= 0.6 is 7.60 Å². The third kappa shape index (κ3) is 7.64. The molecule has 6 nitrogen and oxygen atoms in total. The molecular weight excluding hydrogens is 223 g/mol. The van der Waals surface area contributed by atoms with Crippen LogP contribution in [0.15, 0.2) is 0 Å². The van der Waals surface area contributed by atoms with Crippen molar-refractivity contribution in [2.75, 3.05) is 19.4 Å². The van der Waals surface area contributed by atoms with E-state index in [1.165, 1.54) is 0 Å². The Bertz CT molecular complexity index is 229. The highest BCUT2D eigenvalue weighted by Gasteiger charge is 2.18. The first-order valence-electron chi connectivity index (χ1n) is 4.67. The first-order chi connectivity index (χ1) is 6.90. The minimum atomic E-state index is -4.63. The number of carbonyl (C=O) groups excluding carboxylic acids is 1. The van der Waals surface area contributed by atoms with Gasteiger partial charge in [0, 0.05) is 19.6 Å². The maximum Gasteiger partial charge on any atom is 0.217 e. The third-order valence-corrected chi connectivity index (χ3v) is 2.30. The van der Waals surface area contributed by atoms with E-state index in [-0.39, 0.29) is 19.6 Å². The predicted octanol–water partition coefficient (Wildman–Crippen LogP) is -0.742. The lowest BCUT2D eigenvalue weighted by molar-refractivity contribution is -0.313. The van der Waals surface area contributed by atoms with Gasteiger partial charge in [-0.3, -0.25) is 4.79 Å². The molecule has 0 aromatic carbocycles. The average molecular weight is 238 g/mol. The number of carbonyl (C=O) groups is 1. The van der Waals surface area contributed by atoms with Crippen molar-refractivity contribution in [3.05, 3.63) is 0 Å². The van der Waals surface area contributed by atoms with Crippen molar-refractivity contribution in [1.82, 2.24) is 0 Å². The lowest BCUT2D eigenvalue weighted by Crippen LogP contribution is -2.29. The van der Waals surface area contributed by atoms with Gasteiger partial charge in [-0.15, -0.1) is 0 Å². The molecule has 0 aliphatic carbocycles. The molecule has 0 bridgehead atoms. The van der Waals surface area contributed by atoms with Crippen LogP contribution in [0.3, 0.4) is 0 Å². The van der Waals surface area contributed by atoms with Crippen molar-refractivity contribution in [2.24, 2.45) is 0 Å². The van der Waals surface area contributed by atoms with Crippen LogP contribution in [0.2, 0.25) is 0 Å². The SMILES string of the molecule is CCOC(OCC)C(=O)CCP(=O)([O-])[O-]. The summed E-state index contributed by atoms with van der Waals surface area (Å²) in [5.41, 5.74) is 0. The fraction of sp³-hybridized carbons (Fsp3) is 0.875. The number of hydrogen-bond donors (Lipinski definition) is 0. The second-order valence-corrected chi connectivity index (χ2v) is 4.46. The van der Waals surface area contributed by atoms with E-state index >= 15 is 0 Å². The van der Waals surface area contributed by atoms with Crippen molar-refractivity contribution in [3.63, 3.8) is 0 Å². The molecule has 0 aromatic heterocycles. The highest BCUT2D eigenvalue weighted by Crippen LogP contribution is 2.24. The molecule has 0 aliphatic rings. The second kappa shape index (κ2) is 7.09. The predicted molar refractivity (Wildman–Crippen MR) is 49.1 cm³/mol. The van der Waals surface area contributed by atoms with Crippen molar-refractivity contribution in [3.8, 4) is 0 Å². The zero-order valence-corrected chi connectivity index (χ0v) is 9.70. The van der Waals surface area contributed by atoms with Gasteiger partial charge in [-0.1, -0.05) is 7.60 Å². The van der Waals surface area contributed by atoms with Crippen LogP contribution in [0.4, 0.5) is 0 Å². The van der Waals surface area contributed by atoms with Crippen LogP contribution in [0.25, 0.3) is 0 Å². The molecule has 90 valence electrons. The summed E-state index contributed by atoms with van der Waals surface area (Å²) in [6.07, 6.45) is -2.12. The fourth-order valence-electron chi connectivity index (χ4n) is 0.902. The van der Waals surface area contributed by atoms with Crippen molar-refractivity contribution >= 4 is 13.4 Å². The molecule has 0 radical (unpaired) electrons. The molecule has 7 heteroatoms. The van der Waals surface area contributed by atoms with Gasteiger partial charge in [-0.05, 0) is 20.0 Å². The number of rotatable bonds is 8. The third-order valence-electron chi connectivity index (χ3n) is 1.53. The van der Waals surface area contributed by atoms with Gasteiger partial charge < -0.3 is 23.8 Å². The average Bonchev–Trinajstić information content (AvgIpc) is 2.13. The van der Waals surface area contributed by atoms with Gasteiger partial charge >= 0.3 is 0 Å². The number of ketones is 1. The molecule has 0 atom stereocenters. The van der Waals surface area contributed by atoms with Crippen molar-refractivity contribution in [1.29, 1.82) is 0 Å². The van der Waals surface area contributed by atoms with Crippen LogP contribution in [-0.4, -0.2) is 31.4 Å². The summed E-state index contributed by atoms with van der Waals surface area (Å²) in [7, 11) is -4.63. The Labute approximate surface area is 88.7 Å². The molecule has 0 aliphatic heterocycles. The summed E-state index contributed by atoms with van der Waals surface area (Å²) in [6, 6.07) is 0. The zero-order chi connectivity index (χ0) is 11.9. The van der Waals surface area contributed by atoms with Gasteiger partial charge in [0.1, 0.15) is 0 Å². The lowest BCUT2D eigenvalue weighted by Gasteiger charge is -2.29. The largest absolute Gasteiger partial charge is 0.811 e. The van der Waals surface area contributed by atoms with E-state index in [0.29, 0.717) is 0 Å². The molecule has 0 N–H and O–H groups in total. The van der Waals surface area contributed by atoms with Crippen LogP contribution in [0, 0.1) is 0 Å². The summed E-state index contributed by atoms with van der Waals surface area (Å²) in [6.45, 7) is 3.93. The van der Waals surface area contributed by atoms with Crippen molar-refractivity contribution in [2.45, 2.75) is 26.6 Å². The van der Waals surface area contributed by atoms with Crippen LogP contribution in [0.5, 0.6) is 0 Å². The molecule has 0 saturated heterocycles. The molecular formula is C8H15O6P-2. The Kier molecular flexibility index (Phi) is 6.96. The molecule has 15 heavy (non-hydrogen) atoms. The standard InChI is InChI=1S/C8H17O6P/c1-3-13-8(14-4-2)7(9)5-6-15(10,11)12/h8H,3-6H2,1-2H3,(H2,10,11,12)/p-2. The summed E-state index contributed by atoms with van der Waals surface area (Å²) in [4.78, 5) is 31.9. The number of hydrogen-bond acceptors (Lipinski definition) is 6. The Morgan fingerprint density at radius 1 is 1.27 bits per heavy atom. The molecule has 0 heterocycles. The van der Waals surface area contributed by atoms with Crippen LogP contribution in [-0.2, 0) is 18.8 Å². The maximum atomic E-state index is 11.3. The highest BCUT2D eigenvalue weighted by molar-refractivity contribution is 7.48. The zero-order valence-electron chi connectivity index (χ0n) is 8.80. The molecule has 0 aromatic rings. The Hall–Kier alpha value is -0.260. The van der Waals surface area contributed by atoms with E-state index in [4.69, 9.17) is 9.47 Å². The summed E-state index contributed by atoms with van der Waals surface area (Å²) in [5, 5.41) is 0. The maximum absolute atomic E-state index is 11.3. The summed E-state index contributed by atoms with van der Waals surface area (Å²) in [5.74, 6) is -0.523. The van der Waals surface area contributed by atoms with Gasteiger partial charge in [0.2, 0.25) is 6.29 Å². The van der Waals surface area contributed by atoms with Crippen molar-refractivity contribution < 1.29 is 28.6 Å². The van der Waals surface area contributed by atoms with Gasteiger partial charge in [-0.2, -0.15) is 0 Å². The molecule has 0 amide bonds. The van der Waals surface area contributed by atoms with Crippen LogP contribution in [0.1, 0.15) is 20.3 Å². The fourth-order valence-corrected chi connectivity index (χ4v) is 1.40. The van der Waals surface area contributed by atoms with Gasteiger partial charge in [0.25, 0.3) is 0 Å². The van der Waals surface area contributed by atoms with E-state index < -0.39 is 25.8 Å². The van der Waals surface area contributed by atoms with Gasteiger partial charge in [0.15, 0.2) is 5.78 Å². The topological polar surface area (TPSA) is 98.7 Å². The first-order valence-corrected chi connectivity index (χ1v) is 6.40. The normalized spacial score (nSPS) is 12.1. The quantitative estimate of drug-likeness (QED) is 0.408. The van der Waals surface area contributed by atoms with Gasteiger partial charge in [-0.25, -0.2) is 0 Å². The minimum absolute atomic E-state index is 0.281. The highest BCUT2D eigenvalue weighted by atomic mass is 31.2. The monoisotopic (exact) mass is 238 g/mol. The smallest absolute Gasteiger partial charge is 0.217 e. The van der Waals surface area contributed by atoms with E-state index in [2.05, 4.69) is 0 Å². The molecule has 0 saturated carbocycles. The summed E-state index contributed by atoms with van der Waals surface area (Å²) >= 11 is 0. The van der Waals surface area contributed by atoms with Gasteiger partial charge in [0.05, 0.1) is 0 Å². The second-order valence-electron chi connectivity index (χ2n) is 2.79. The Morgan fingerprint density at radius 2 is 1.73 bits per heavy atom. The minimum Gasteiger partial charge on any atom is -0.811 e. The Morgan fingerprint density at radius 3 is 2.07 bits per heavy atom. The van der Waals surface area contributed by atoms with E-state index in [1.807, 2.05) is 0 Å². The summed E-state index contributed by atoms with van der Waals surface area (Å²) < 4.78 is 20.2. The van der Waals surface area contributed by atoms with E-state index in [1.54, 1.807) is 13.8 Å². The first kappa shape index (κ1) is 14.7. The molecule has 0 spiro atoms. The molecule has 0 rings (SSSR count). The van der Waals surface area contributed by atoms with Crippen LogP contribution < -0.4 is 9.79 Å². The number of ether oxygens (including phenoxy) is 2. The lowest BCUT2D eigenvalue weighted by atomic mass is 10.3. The molecule has 0 fully saturated rings. The number of Topliss-reactive ketones (excluding diaryl/α,β-unsaturated/α-hetero) is 1. The Balaban J connectivity index is 4.08. The molecule has 0 unspecified atom stereocenters.